The molecule has 0 aromatic carbocycles. The lowest BCUT2D eigenvalue weighted by Crippen LogP contribution is -2.36. The van der Waals surface area contributed by atoms with Gasteiger partial charge in [0.05, 0.1) is 6.10 Å². The second kappa shape index (κ2) is 6.48. The maximum absolute atomic E-state index is 11.6. The number of amides is 1. The molecule has 7 nitrogen and oxygen atoms in total. The molecule has 0 saturated carbocycles. The zero-order valence-electron chi connectivity index (χ0n) is 13.0. The molecule has 2 aliphatic heterocycles. The van der Waals surface area contributed by atoms with Gasteiger partial charge in [0.2, 0.25) is 5.91 Å². The van der Waals surface area contributed by atoms with E-state index in [2.05, 4.69) is 14.9 Å². The molecule has 0 spiro atoms. The fourth-order valence-corrected chi connectivity index (χ4v) is 3.17. The highest BCUT2D eigenvalue weighted by Crippen LogP contribution is 2.28. The molecular formula is C15H23N5O2. The largest absolute Gasteiger partial charge is 0.389 e. The van der Waals surface area contributed by atoms with E-state index in [1.54, 1.807) is 24.2 Å². The van der Waals surface area contributed by atoms with Crippen molar-refractivity contribution < 1.29 is 9.90 Å². The molecule has 1 atom stereocenters. The van der Waals surface area contributed by atoms with Crippen molar-refractivity contribution in [2.75, 3.05) is 49.1 Å². The lowest BCUT2D eigenvalue weighted by atomic mass is 10.3. The standard InChI is InChI=1S/C15H23N5O2/c1-12(21)19-8-9-20(11-13(22)10-19)15-14(16-4-5-17-15)18-6-2-3-7-18/h4-5,13,22H,2-3,6-11H2,1H3/t13-/m0/s1. The van der Waals surface area contributed by atoms with Gasteiger partial charge in [-0.05, 0) is 12.8 Å². The molecule has 1 amide bonds. The summed E-state index contributed by atoms with van der Waals surface area (Å²) in [5.41, 5.74) is 0. The van der Waals surface area contributed by atoms with Gasteiger partial charge >= 0.3 is 0 Å². The molecule has 2 fully saturated rings. The fraction of sp³-hybridized carbons (Fsp3) is 0.667. The predicted molar refractivity (Wildman–Crippen MR) is 84.0 cm³/mol. The minimum Gasteiger partial charge on any atom is -0.389 e. The van der Waals surface area contributed by atoms with Crippen LogP contribution in [0, 0.1) is 0 Å². The molecule has 22 heavy (non-hydrogen) atoms. The molecule has 0 bridgehead atoms. The Morgan fingerprint density at radius 2 is 1.68 bits per heavy atom. The van der Waals surface area contributed by atoms with Crippen molar-refractivity contribution >= 4 is 17.5 Å². The van der Waals surface area contributed by atoms with Crippen LogP contribution in [0.4, 0.5) is 11.6 Å². The van der Waals surface area contributed by atoms with Crippen LogP contribution in [-0.2, 0) is 4.79 Å². The first-order chi connectivity index (χ1) is 10.6. The zero-order valence-corrected chi connectivity index (χ0v) is 13.0. The Hall–Kier alpha value is -1.89. The average molecular weight is 305 g/mol. The third kappa shape index (κ3) is 3.14. The van der Waals surface area contributed by atoms with Crippen molar-refractivity contribution in [1.29, 1.82) is 0 Å². The van der Waals surface area contributed by atoms with Gasteiger partial charge in [-0.25, -0.2) is 9.97 Å². The van der Waals surface area contributed by atoms with Gasteiger partial charge in [-0.3, -0.25) is 4.79 Å². The number of aliphatic hydroxyl groups is 1. The minimum atomic E-state index is -0.570. The normalized spacial score (nSPS) is 22.8. The number of hydrogen-bond acceptors (Lipinski definition) is 6. The van der Waals surface area contributed by atoms with Crippen molar-refractivity contribution in [3.8, 4) is 0 Å². The van der Waals surface area contributed by atoms with Gasteiger partial charge in [0.25, 0.3) is 0 Å². The van der Waals surface area contributed by atoms with E-state index >= 15 is 0 Å². The SMILES string of the molecule is CC(=O)N1CCN(c2nccnc2N2CCCC2)C[C@@H](O)C1. The Morgan fingerprint density at radius 3 is 2.32 bits per heavy atom. The van der Waals surface area contributed by atoms with Gasteiger partial charge < -0.3 is 19.8 Å². The number of anilines is 2. The summed E-state index contributed by atoms with van der Waals surface area (Å²) < 4.78 is 0. The summed E-state index contributed by atoms with van der Waals surface area (Å²) >= 11 is 0. The number of carbonyl (C=O) groups is 1. The second-order valence-corrected chi connectivity index (χ2v) is 5.96. The number of rotatable bonds is 2. The van der Waals surface area contributed by atoms with Crippen molar-refractivity contribution in [2.24, 2.45) is 0 Å². The third-order valence-corrected chi connectivity index (χ3v) is 4.31. The average Bonchev–Trinajstić information content (AvgIpc) is 2.96. The summed E-state index contributed by atoms with van der Waals surface area (Å²) in [5, 5.41) is 10.2. The minimum absolute atomic E-state index is 0.000174. The van der Waals surface area contributed by atoms with E-state index in [9.17, 15) is 9.90 Å². The molecule has 3 rings (SSSR count). The first-order valence-corrected chi connectivity index (χ1v) is 7.89. The van der Waals surface area contributed by atoms with Gasteiger partial charge in [0.1, 0.15) is 0 Å². The van der Waals surface area contributed by atoms with Crippen LogP contribution in [0.2, 0.25) is 0 Å². The molecule has 1 aromatic rings. The molecule has 2 aliphatic rings. The first-order valence-electron chi connectivity index (χ1n) is 7.89. The van der Waals surface area contributed by atoms with Crippen LogP contribution >= 0.6 is 0 Å². The predicted octanol–water partition coefficient (Wildman–Crippen LogP) is 0.106. The van der Waals surface area contributed by atoms with Gasteiger partial charge in [0, 0.05) is 58.6 Å². The van der Waals surface area contributed by atoms with Gasteiger partial charge in [0.15, 0.2) is 11.6 Å². The molecule has 1 N–H and O–H groups in total. The number of nitrogens with zero attached hydrogens (tertiary/aromatic N) is 5. The molecule has 1 aromatic heterocycles. The molecular weight excluding hydrogens is 282 g/mol. The topological polar surface area (TPSA) is 72.8 Å². The summed E-state index contributed by atoms with van der Waals surface area (Å²) in [6.45, 7) is 5.66. The summed E-state index contributed by atoms with van der Waals surface area (Å²) in [4.78, 5) is 26.6. The first kappa shape index (κ1) is 15.0. The fourth-order valence-electron chi connectivity index (χ4n) is 3.17. The van der Waals surface area contributed by atoms with Gasteiger partial charge in [-0.1, -0.05) is 0 Å². The third-order valence-electron chi connectivity index (χ3n) is 4.31. The van der Waals surface area contributed by atoms with Gasteiger partial charge in [-0.15, -0.1) is 0 Å². The Balaban J connectivity index is 1.82. The lowest BCUT2D eigenvalue weighted by Gasteiger charge is -2.27. The van der Waals surface area contributed by atoms with Gasteiger partial charge in [-0.2, -0.15) is 0 Å². The van der Waals surface area contributed by atoms with E-state index in [-0.39, 0.29) is 5.91 Å². The van der Waals surface area contributed by atoms with E-state index in [4.69, 9.17) is 0 Å². The summed E-state index contributed by atoms with van der Waals surface area (Å²) in [7, 11) is 0. The quantitative estimate of drug-likeness (QED) is 0.836. The monoisotopic (exact) mass is 305 g/mol. The summed E-state index contributed by atoms with van der Waals surface area (Å²) in [5.74, 6) is 1.71. The number of hydrogen-bond donors (Lipinski definition) is 1. The van der Waals surface area contributed by atoms with E-state index in [0.717, 1.165) is 24.7 Å². The van der Waals surface area contributed by atoms with Crippen molar-refractivity contribution in [3.63, 3.8) is 0 Å². The summed E-state index contributed by atoms with van der Waals surface area (Å²) in [6, 6.07) is 0. The molecule has 3 heterocycles. The van der Waals surface area contributed by atoms with E-state index in [1.807, 2.05) is 4.90 Å². The van der Waals surface area contributed by atoms with Crippen LogP contribution in [0.5, 0.6) is 0 Å². The Kier molecular flexibility index (Phi) is 4.42. The van der Waals surface area contributed by atoms with Crippen LogP contribution in [-0.4, -0.2) is 71.3 Å². The van der Waals surface area contributed by atoms with Crippen molar-refractivity contribution in [3.05, 3.63) is 12.4 Å². The summed E-state index contributed by atoms with van der Waals surface area (Å²) in [6.07, 6.45) is 5.19. The Morgan fingerprint density at radius 1 is 1.05 bits per heavy atom. The molecule has 7 heteroatoms. The number of β-amino-alcohol motifs (C(OH)–C–C–N with tert-alkyl or cyclic N) is 1. The second-order valence-electron chi connectivity index (χ2n) is 5.96. The number of aliphatic hydroxyl groups excluding tert-OH is 1. The van der Waals surface area contributed by atoms with E-state index < -0.39 is 6.10 Å². The van der Waals surface area contributed by atoms with Crippen LogP contribution in [0.25, 0.3) is 0 Å². The van der Waals surface area contributed by atoms with Crippen LogP contribution < -0.4 is 9.80 Å². The molecule has 120 valence electrons. The molecule has 0 aliphatic carbocycles. The highest BCUT2D eigenvalue weighted by atomic mass is 16.3. The van der Waals surface area contributed by atoms with Crippen LogP contribution in [0.15, 0.2) is 12.4 Å². The molecule has 2 saturated heterocycles. The maximum Gasteiger partial charge on any atom is 0.219 e. The van der Waals surface area contributed by atoms with E-state index in [1.165, 1.54) is 12.8 Å². The van der Waals surface area contributed by atoms with Crippen LogP contribution in [0.3, 0.4) is 0 Å². The number of aromatic nitrogens is 2. The number of carbonyl (C=O) groups excluding carboxylic acids is 1. The maximum atomic E-state index is 11.6. The van der Waals surface area contributed by atoms with E-state index in [0.29, 0.717) is 26.2 Å². The molecule has 0 unspecified atom stereocenters. The Labute approximate surface area is 130 Å². The van der Waals surface area contributed by atoms with Crippen molar-refractivity contribution in [1.82, 2.24) is 14.9 Å². The smallest absolute Gasteiger partial charge is 0.219 e. The van der Waals surface area contributed by atoms with Crippen LogP contribution in [0.1, 0.15) is 19.8 Å². The molecule has 0 radical (unpaired) electrons. The zero-order chi connectivity index (χ0) is 15.5. The highest BCUT2D eigenvalue weighted by molar-refractivity contribution is 5.73. The highest BCUT2D eigenvalue weighted by Gasteiger charge is 2.27. The lowest BCUT2D eigenvalue weighted by molar-refractivity contribution is -0.129. The Bertz CT molecular complexity index is 532. The van der Waals surface area contributed by atoms with Crippen molar-refractivity contribution in [2.45, 2.75) is 25.9 Å².